The third-order valence-corrected chi connectivity index (χ3v) is 13.2. The SMILES string of the molecule is C[CH](C)[Sn]([CH3])([OH])[c]1ccccc1. The summed E-state index contributed by atoms with van der Waals surface area (Å²) in [7, 11) is 0. The van der Waals surface area contributed by atoms with Crippen molar-refractivity contribution in [3.8, 4) is 0 Å². The van der Waals surface area contributed by atoms with Crippen LogP contribution in [0.15, 0.2) is 30.3 Å². The monoisotopic (exact) mass is 272 g/mol. The van der Waals surface area contributed by atoms with Crippen molar-refractivity contribution in [2.24, 2.45) is 0 Å². The zero-order valence-electron chi connectivity index (χ0n) is 7.91. The van der Waals surface area contributed by atoms with E-state index in [1.165, 1.54) is 3.58 Å². The van der Waals surface area contributed by atoms with Crippen LogP contribution in [-0.2, 0) is 0 Å². The van der Waals surface area contributed by atoms with Crippen LogP contribution in [0, 0.1) is 0 Å². The van der Waals surface area contributed by atoms with Crippen molar-refractivity contribution in [3.63, 3.8) is 0 Å². The van der Waals surface area contributed by atoms with Crippen LogP contribution in [-0.4, -0.2) is 22.2 Å². The van der Waals surface area contributed by atoms with Gasteiger partial charge in [0.15, 0.2) is 0 Å². The van der Waals surface area contributed by atoms with Gasteiger partial charge in [-0.2, -0.15) is 0 Å². The maximum absolute atomic E-state index is 10.3. The van der Waals surface area contributed by atoms with Gasteiger partial charge in [0.05, 0.1) is 0 Å². The van der Waals surface area contributed by atoms with Gasteiger partial charge in [-0.1, -0.05) is 0 Å². The second-order valence-corrected chi connectivity index (χ2v) is 15.2. The van der Waals surface area contributed by atoms with E-state index in [4.69, 9.17) is 0 Å². The van der Waals surface area contributed by atoms with Crippen molar-refractivity contribution in [2.75, 3.05) is 0 Å². The van der Waals surface area contributed by atoms with Crippen LogP contribution in [0.2, 0.25) is 8.87 Å². The zero-order chi connectivity index (χ0) is 9.19. The van der Waals surface area contributed by atoms with Crippen LogP contribution in [0.4, 0.5) is 0 Å². The Hall–Kier alpha value is -0.0213. The molecular formula is C10H16OSn. The van der Waals surface area contributed by atoms with E-state index in [1.54, 1.807) is 0 Å². The van der Waals surface area contributed by atoms with Crippen molar-refractivity contribution >= 4 is 22.4 Å². The van der Waals surface area contributed by atoms with Crippen molar-refractivity contribution in [1.82, 2.24) is 0 Å². The number of hydrogen-bond acceptors (Lipinski definition) is 1. The predicted octanol–water partition coefficient (Wildman–Crippen LogP) is 1.87. The molecule has 1 N–H and O–H groups in total. The Kier molecular flexibility index (Phi) is 3.18. The van der Waals surface area contributed by atoms with E-state index in [0.29, 0.717) is 3.93 Å². The molecular weight excluding hydrogens is 255 g/mol. The fraction of sp³-hybridized carbons (Fsp3) is 0.400. The van der Waals surface area contributed by atoms with Gasteiger partial charge < -0.3 is 0 Å². The summed E-state index contributed by atoms with van der Waals surface area (Å²) in [6.07, 6.45) is 0. The Balaban J connectivity index is 2.98. The van der Waals surface area contributed by atoms with Crippen molar-refractivity contribution < 1.29 is 3.44 Å². The molecule has 1 aromatic rings. The second-order valence-electron chi connectivity index (χ2n) is 3.67. The van der Waals surface area contributed by atoms with Gasteiger partial charge in [-0.3, -0.25) is 0 Å². The predicted molar refractivity (Wildman–Crippen MR) is 55.0 cm³/mol. The van der Waals surface area contributed by atoms with Crippen LogP contribution in [0.25, 0.3) is 0 Å². The van der Waals surface area contributed by atoms with Gasteiger partial charge in [-0.25, -0.2) is 0 Å². The minimum atomic E-state index is -2.90. The summed E-state index contributed by atoms with van der Waals surface area (Å²) in [5, 5.41) is 0. The van der Waals surface area contributed by atoms with E-state index < -0.39 is 18.8 Å². The van der Waals surface area contributed by atoms with E-state index in [1.807, 2.05) is 18.2 Å². The van der Waals surface area contributed by atoms with E-state index in [0.717, 1.165) is 0 Å². The standard InChI is InChI=1S/C6H5.C3H7.CH3.H2O.Sn/c1-2-4-6-5-3-1;1-3-2;;;/h1-5H;3H,1-2H3;1H3;1H2;/q;;;;+1/p-1. The second kappa shape index (κ2) is 3.79. The summed E-state index contributed by atoms with van der Waals surface area (Å²) in [4.78, 5) is 2.06. The van der Waals surface area contributed by atoms with Crippen molar-refractivity contribution in [2.45, 2.75) is 22.7 Å². The Morgan fingerprint density at radius 3 is 2.08 bits per heavy atom. The zero-order valence-corrected chi connectivity index (χ0v) is 10.8. The summed E-state index contributed by atoms with van der Waals surface area (Å²) in [5.41, 5.74) is 0. The maximum atomic E-state index is 10.3. The average Bonchev–Trinajstić information content (AvgIpc) is 2.06. The fourth-order valence-corrected chi connectivity index (χ4v) is 5.49. The molecule has 1 aromatic carbocycles. The topological polar surface area (TPSA) is 20.2 Å². The summed E-state index contributed by atoms with van der Waals surface area (Å²) in [5.74, 6) is 0. The van der Waals surface area contributed by atoms with Gasteiger partial charge in [0, 0.05) is 0 Å². The molecule has 0 aromatic heterocycles. The first-order valence-corrected chi connectivity index (χ1v) is 11.5. The molecule has 1 nitrogen and oxygen atoms in total. The summed E-state index contributed by atoms with van der Waals surface area (Å²) >= 11 is -2.90. The molecule has 1 rings (SSSR count). The molecule has 0 saturated heterocycles. The van der Waals surface area contributed by atoms with Gasteiger partial charge in [0.2, 0.25) is 0 Å². The summed E-state index contributed by atoms with van der Waals surface area (Å²) < 4.78 is 11.9. The molecule has 0 saturated carbocycles. The first kappa shape index (κ1) is 10.1. The van der Waals surface area contributed by atoms with E-state index in [2.05, 4.69) is 30.9 Å². The Morgan fingerprint density at radius 2 is 1.67 bits per heavy atom. The van der Waals surface area contributed by atoms with Crippen LogP contribution < -0.4 is 3.58 Å². The molecule has 1 atom stereocenters. The first-order chi connectivity index (χ1) is 5.55. The molecule has 0 radical (unpaired) electrons. The molecule has 0 spiro atoms. The van der Waals surface area contributed by atoms with E-state index in [9.17, 15) is 3.44 Å². The van der Waals surface area contributed by atoms with Gasteiger partial charge in [-0.15, -0.1) is 0 Å². The number of benzene rings is 1. The molecule has 0 amide bonds. The molecule has 0 bridgehead atoms. The average molecular weight is 271 g/mol. The van der Waals surface area contributed by atoms with Crippen LogP contribution in [0.3, 0.4) is 0 Å². The summed E-state index contributed by atoms with van der Waals surface area (Å²) in [6.45, 7) is 4.23. The molecule has 12 heavy (non-hydrogen) atoms. The molecule has 66 valence electrons. The quantitative estimate of drug-likeness (QED) is 0.814. The third-order valence-electron chi connectivity index (χ3n) is 2.48. The van der Waals surface area contributed by atoms with Gasteiger partial charge >= 0.3 is 78.9 Å². The van der Waals surface area contributed by atoms with Gasteiger partial charge in [-0.05, 0) is 0 Å². The molecule has 0 aliphatic carbocycles. The summed E-state index contributed by atoms with van der Waals surface area (Å²) in [6, 6.07) is 10.1. The first-order valence-electron chi connectivity index (χ1n) is 4.33. The Labute approximate surface area is 78.9 Å². The minimum absolute atomic E-state index is 0.446. The number of rotatable bonds is 2. The van der Waals surface area contributed by atoms with Gasteiger partial charge in [0.1, 0.15) is 0 Å². The molecule has 0 aliphatic heterocycles. The molecule has 0 heterocycles. The number of hydrogen-bond donors (Lipinski definition) is 1. The third kappa shape index (κ3) is 2.02. The molecule has 0 fully saturated rings. The Bertz CT molecular complexity index is 241. The Morgan fingerprint density at radius 1 is 1.17 bits per heavy atom. The van der Waals surface area contributed by atoms with Crippen molar-refractivity contribution in [3.05, 3.63) is 30.3 Å². The van der Waals surface area contributed by atoms with E-state index in [-0.39, 0.29) is 0 Å². The van der Waals surface area contributed by atoms with Gasteiger partial charge in [0.25, 0.3) is 0 Å². The van der Waals surface area contributed by atoms with E-state index >= 15 is 0 Å². The van der Waals surface area contributed by atoms with Crippen LogP contribution in [0.1, 0.15) is 13.8 Å². The normalized spacial score (nSPS) is 16.1. The molecule has 0 aliphatic rings. The fourth-order valence-electron chi connectivity index (χ4n) is 1.11. The van der Waals surface area contributed by atoms with Crippen molar-refractivity contribution in [1.29, 1.82) is 0 Å². The van der Waals surface area contributed by atoms with Crippen LogP contribution in [0.5, 0.6) is 0 Å². The molecule has 1 unspecified atom stereocenters. The van der Waals surface area contributed by atoms with Crippen LogP contribution >= 0.6 is 0 Å². The molecule has 2 heteroatoms.